The molecule has 0 bridgehead atoms. The summed E-state index contributed by atoms with van der Waals surface area (Å²) in [6, 6.07) is 11.2. The number of hydrogen-bond donors (Lipinski definition) is 1. The number of hydrogen-bond acceptors (Lipinski definition) is 2. The highest BCUT2D eigenvalue weighted by Gasteiger charge is 2.49. The Labute approximate surface area is 145 Å². The van der Waals surface area contributed by atoms with Crippen LogP contribution in [0.1, 0.15) is 24.3 Å². The highest BCUT2D eigenvalue weighted by Crippen LogP contribution is 2.52. The Bertz CT molecular complexity index is 801. The van der Waals surface area contributed by atoms with Crippen LogP contribution in [0.5, 0.6) is 0 Å². The van der Waals surface area contributed by atoms with Crippen LogP contribution in [0.4, 0.5) is 8.78 Å². The molecule has 1 saturated carbocycles. The second-order valence-corrected chi connectivity index (χ2v) is 6.84. The molecule has 130 valence electrons. The van der Waals surface area contributed by atoms with Gasteiger partial charge in [-0.25, -0.2) is 8.78 Å². The van der Waals surface area contributed by atoms with Crippen molar-refractivity contribution in [3.8, 4) is 11.1 Å². The van der Waals surface area contributed by atoms with E-state index in [0.717, 1.165) is 24.9 Å². The maximum atomic E-state index is 14.2. The first kappa shape index (κ1) is 16.2. The molecule has 3 nitrogen and oxygen atoms in total. The third-order valence-corrected chi connectivity index (χ3v) is 5.40. The zero-order valence-electron chi connectivity index (χ0n) is 13.8. The first-order valence-electron chi connectivity index (χ1n) is 8.65. The van der Waals surface area contributed by atoms with Gasteiger partial charge >= 0.3 is 0 Å². The van der Waals surface area contributed by atoms with Crippen LogP contribution in [-0.2, 0) is 4.79 Å². The first-order valence-corrected chi connectivity index (χ1v) is 8.65. The zero-order chi connectivity index (χ0) is 17.6. The van der Waals surface area contributed by atoms with Crippen LogP contribution in [0.15, 0.2) is 42.5 Å². The summed E-state index contributed by atoms with van der Waals surface area (Å²) >= 11 is 0. The summed E-state index contributed by atoms with van der Waals surface area (Å²) in [6.45, 7) is 1.24. The lowest BCUT2D eigenvalue weighted by Crippen LogP contribution is -2.55. The maximum Gasteiger partial charge on any atom is 0.226 e. The number of nitrogens with zero attached hydrogens (tertiary/aromatic N) is 1. The molecule has 3 atom stereocenters. The van der Waals surface area contributed by atoms with Crippen LogP contribution in [0, 0.1) is 17.6 Å². The van der Waals surface area contributed by atoms with Crippen LogP contribution in [0.3, 0.4) is 0 Å². The van der Waals surface area contributed by atoms with E-state index in [1.165, 1.54) is 18.2 Å². The van der Waals surface area contributed by atoms with Crippen molar-refractivity contribution in [2.45, 2.75) is 24.8 Å². The van der Waals surface area contributed by atoms with Crippen molar-refractivity contribution in [3.05, 3.63) is 59.7 Å². The molecule has 0 unspecified atom stereocenters. The highest BCUT2D eigenvalue weighted by molar-refractivity contribution is 5.85. The van der Waals surface area contributed by atoms with E-state index in [9.17, 15) is 13.6 Å². The Morgan fingerprint density at radius 2 is 1.84 bits per heavy atom. The van der Waals surface area contributed by atoms with Gasteiger partial charge in [0.05, 0.1) is 5.56 Å². The molecule has 1 heterocycles. The Hall–Kier alpha value is -2.27. The number of carbonyl (C=O) groups excluding carboxylic acids is 1. The standard InChI is InChI=1S/C20H20F2N2O/c21-17-6-3-7-18(22)19(17)14-5-2-1-4-13(14)15-10-16(15)20(25)24-9-8-12(24)11-23/h1-7,12,15-16H,8-11,23H2/t12-,15-,16+/m0/s1. The number of benzene rings is 2. The number of halogens is 2. The lowest BCUT2D eigenvalue weighted by Gasteiger charge is -2.40. The second-order valence-electron chi connectivity index (χ2n) is 6.84. The van der Waals surface area contributed by atoms with Gasteiger partial charge in [0.15, 0.2) is 0 Å². The summed E-state index contributed by atoms with van der Waals surface area (Å²) < 4.78 is 28.4. The van der Waals surface area contributed by atoms with E-state index in [0.29, 0.717) is 12.1 Å². The zero-order valence-corrected chi connectivity index (χ0v) is 13.8. The number of nitrogens with two attached hydrogens (primary N) is 1. The molecular weight excluding hydrogens is 322 g/mol. The first-order chi connectivity index (χ1) is 12.1. The van der Waals surface area contributed by atoms with Crippen molar-refractivity contribution in [1.82, 2.24) is 4.90 Å². The van der Waals surface area contributed by atoms with Gasteiger partial charge in [0, 0.05) is 25.0 Å². The van der Waals surface area contributed by atoms with E-state index in [1.54, 1.807) is 12.1 Å². The predicted octanol–water partition coefficient (Wildman–Crippen LogP) is 3.29. The van der Waals surface area contributed by atoms with Gasteiger partial charge in [-0.05, 0) is 42.0 Å². The Morgan fingerprint density at radius 3 is 2.48 bits per heavy atom. The van der Waals surface area contributed by atoms with Gasteiger partial charge < -0.3 is 10.6 Å². The molecule has 5 heteroatoms. The molecule has 2 fully saturated rings. The van der Waals surface area contributed by atoms with E-state index in [-0.39, 0.29) is 29.3 Å². The third kappa shape index (κ3) is 2.72. The van der Waals surface area contributed by atoms with Crippen molar-refractivity contribution in [2.24, 2.45) is 11.7 Å². The normalized spacial score (nSPS) is 24.8. The molecule has 2 aliphatic rings. The van der Waals surface area contributed by atoms with Crippen LogP contribution in [0.2, 0.25) is 0 Å². The van der Waals surface area contributed by atoms with Gasteiger partial charge in [-0.15, -0.1) is 0 Å². The Morgan fingerprint density at radius 1 is 1.12 bits per heavy atom. The molecule has 1 aliphatic heterocycles. The van der Waals surface area contributed by atoms with Crippen molar-refractivity contribution >= 4 is 5.91 Å². The monoisotopic (exact) mass is 342 g/mol. The van der Waals surface area contributed by atoms with Crippen LogP contribution in [0.25, 0.3) is 11.1 Å². The number of likely N-dealkylation sites (tertiary alicyclic amines) is 1. The van der Waals surface area contributed by atoms with Gasteiger partial charge in [-0.2, -0.15) is 0 Å². The van der Waals surface area contributed by atoms with Crippen LogP contribution in [-0.4, -0.2) is 29.9 Å². The molecule has 25 heavy (non-hydrogen) atoms. The maximum absolute atomic E-state index is 14.2. The largest absolute Gasteiger partial charge is 0.338 e. The van der Waals surface area contributed by atoms with Gasteiger partial charge in [0.1, 0.15) is 11.6 Å². The Balaban J connectivity index is 1.62. The van der Waals surface area contributed by atoms with Gasteiger partial charge in [-0.1, -0.05) is 30.3 Å². The average molecular weight is 342 g/mol. The van der Waals surface area contributed by atoms with E-state index >= 15 is 0 Å². The fraction of sp³-hybridized carbons (Fsp3) is 0.350. The topological polar surface area (TPSA) is 46.3 Å². The van der Waals surface area contributed by atoms with Gasteiger partial charge in [0.2, 0.25) is 5.91 Å². The SMILES string of the molecule is NC[C@@H]1CCN1C(=O)[C@@H]1C[C@H]1c1ccccc1-c1c(F)cccc1F. The summed E-state index contributed by atoms with van der Waals surface area (Å²) in [5.41, 5.74) is 7.05. The number of carbonyl (C=O) groups is 1. The van der Waals surface area contributed by atoms with Crippen molar-refractivity contribution < 1.29 is 13.6 Å². The molecule has 1 aliphatic carbocycles. The quantitative estimate of drug-likeness (QED) is 0.927. The lowest BCUT2D eigenvalue weighted by atomic mass is 9.94. The lowest BCUT2D eigenvalue weighted by molar-refractivity contribution is -0.140. The molecule has 2 aromatic carbocycles. The average Bonchev–Trinajstić information content (AvgIpc) is 3.35. The predicted molar refractivity (Wildman–Crippen MR) is 91.8 cm³/mol. The van der Waals surface area contributed by atoms with E-state index in [4.69, 9.17) is 5.73 Å². The van der Waals surface area contributed by atoms with Crippen molar-refractivity contribution in [1.29, 1.82) is 0 Å². The van der Waals surface area contributed by atoms with E-state index in [1.807, 2.05) is 17.0 Å². The molecule has 0 spiro atoms. The molecule has 1 amide bonds. The third-order valence-electron chi connectivity index (χ3n) is 5.40. The van der Waals surface area contributed by atoms with E-state index in [2.05, 4.69) is 0 Å². The highest BCUT2D eigenvalue weighted by atomic mass is 19.1. The molecule has 2 N–H and O–H groups in total. The molecule has 0 aromatic heterocycles. The molecule has 1 saturated heterocycles. The summed E-state index contributed by atoms with van der Waals surface area (Å²) in [5, 5.41) is 0. The molecular formula is C20H20F2N2O. The summed E-state index contributed by atoms with van der Waals surface area (Å²) in [7, 11) is 0. The van der Waals surface area contributed by atoms with Crippen LogP contribution < -0.4 is 5.73 Å². The van der Waals surface area contributed by atoms with Gasteiger partial charge in [-0.3, -0.25) is 4.79 Å². The summed E-state index contributed by atoms with van der Waals surface area (Å²) in [6.07, 6.45) is 1.68. The van der Waals surface area contributed by atoms with Crippen molar-refractivity contribution in [2.75, 3.05) is 13.1 Å². The van der Waals surface area contributed by atoms with Gasteiger partial charge in [0.25, 0.3) is 0 Å². The summed E-state index contributed by atoms with van der Waals surface area (Å²) in [4.78, 5) is 14.5. The minimum absolute atomic E-state index is 0.0139. The fourth-order valence-corrected chi connectivity index (χ4v) is 3.80. The van der Waals surface area contributed by atoms with E-state index < -0.39 is 11.6 Å². The minimum atomic E-state index is -0.582. The molecule has 2 aromatic rings. The second kappa shape index (κ2) is 6.23. The molecule has 4 rings (SSSR count). The minimum Gasteiger partial charge on any atom is -0.338 e. The summed E-state index contributed by atoms with van der Waals surface area (Å²) in [5.74, 6) is -1.13. The number of rotatable bonds is 4. The van der Waals surface area contributed by atoms with Crippen molar-refractivity contribution in [3.63, 3.8) is 0 Å². The number of amides is 1. The fourth-order valence-electron chi connectivity index (χ4n) is 3.80. The van der Waals surface area contributed by atoms with Crippen LogP contribution >= 0.6 is 0 Å². The Kier molecular flexibility index (Phi) is 4.04. The smallest absolute Gasteiger partial charge is 0.226 e. The molecule has 0 radical (unpaired) electrons.